The summed E-state index contributed by atoms with van der Waals surface area (Å²) < 4.78 is 5.71. The Morgan fingerprint density at radius 3 is 2.78 bits per heavy atom. The SMILES string of the molecule is CCCN1CCOC(C(O)c2ccc(C)cc2)C1. The number of rotatable bonds is 4. The molecule has 0 saturated carbocycles. The molecule has 1 aliphatic heterocycles. The van der Waals surface area contributed by atoms with Crippen molar-refractivity contribution in [3.05, 3.63) is 35.4 Å². The summed E-state index contributed by atoms with van der Waals surface area (Å²) in [5, 5.41) is 10.4. The third-order valence-electron chi connectivity index (χ3n) is 3.49. The molecule has 1 heterocycles. The summed E-state index contributed by atoms with van der Waals surface area (Å²) in [5.41, 5.74) is 2.16. The minimum absolute atomic E-state index is 0.104. The van der Waals surface area contributed by atoms with Gasteiger partial charge in [-0.1, -0.05) is 36.8 Å². The van der Waals surface area contributed by atoms with Crippen molar-refractivity contribution in [2.75, 3.05) is 26.2 Å². The van der Waals surface area contributed by atoms with Gasteiger partial charge in [-0.15, -0.1) is 0 Å². The second-order valence-corrected chi connectivity index (χ2v) is 5.07. The summed E-state index contributed by atoms with van der Waals surface area (Å²) in [4.78, 5) is 2.37. The first-order chi connectivity index (χ1) is 8.70. The highest BCUT2D eigenvalue weighted by atomic mass is 16.5. The van der Waals surface area contributed by atoms with Crippen molar-refractivity contribution in [1.82, 2.24) is 4.90 Å². The maximum atomic E-state index is 10.4. The molecule has 2 atom stereocenters. The number of benzene rings is 1. The molecule has 0 aromatic heterocycles. The van der Waals surface area contributed by atoms with Crippen molar-refractivity contribution < 1.29 is 9.84 Å². The van der Waals surface area contributed by atoms with E-state index in [0.717, 1.165) is 31.6 Å². The molecule has 1 aromatic carbocycles. The Morgan fingerprint density at radius 2 is 2.11 bits per heavy atom. The number of aliphatic hydroxyl groups excluding tert-OH is 1. The first-order valence-electron chi connectivity index (χ1n) is 6.79. The number of aryl methyl sites for hydroxylation is 1. The van der Waals surface area contributed by atoms with Gasteiger partial charge in [-0.05, 0) is 25.5 Å². The zero-order valence-corrected chi connectivity index (χ0v) is 11.3. The van der Waals surface area contributed by atoms with E-state index >= 15 is 0 Å². The van der Waals surface area contributed by atoms with E-state index < -0.39 is 6.10 Å². The van der Waals surface area contributed by atoms with Crippen LogP contribution in [0.2, 0.25) is 0 Å². The van der Waals surface area contributed by atoms with Crippen LogP contribution in [-0.2, 0) is 4.74 Å². The summed E-state index contributed by atoms with van der Waals surface area (Å²) >= 11 is 0. The van der Waals surface area contributed by atoms with E-state index in [1.165, 1.54) is 5.56 Å². The van der Waals surface area contributed by atoms with Gasteiger partial charge in [0.15, 0.2) is 0 Å². The number of morpholine rings is 1. The zero-order chi connectivity index (χ0) is 13.0. The molecule has 18 heavy (non-hydrogen) atoms. The van der Waals surface area contributed by atoms with Crippen LogP contribution in [0.5, 0.6) is 0 Å². The summed E-state index contributed by atoms with van der Waals surface area (Å²) in [5.74, 6) is 0. The van der Waals surface area contributed by atoms with Crippen LogP contribution in [0.4, 0.5) is 0 Å². The van der Waals surface area contributed by atoms with E-state index in [4.69, 9.17) is 4.74 Å². The smallest absolute Gasteiger partial charge is 0.106 e. The number of hydrogen-bond donors (Lipinski definition) is 1. The predicted molar refractivity (Wildman–Crippen MR) is 72.6 cm³/mol. The Hall–Kier alpha value is -0.900. The third kappa shape index (κ3) is 3.31. The van der Waals surface area contributed by atoms with Crippen molar-refractivity contribution >= 4 is 0 Å². The van der Waals surface area contributed by atoms with Gasteiger partial charge in [0.2, 0.25) is 0 Å². The van der Waals surface area contributed by atoms with E-state index in [9.17, 15) is 5.11 Å². The Bertz CT molecular complexity index is 361. The summed E-state index contributed by atoms with van der Waals surface area (Å²) in [7, 11) is 0. The van der Waals surface area contributed by atoms with Crippen molar-refractivity contribution in [2.24, 2.45) is 0 Å². The number of ether oxygens (including phenoxy) is 1. The highest BCUT2D eigenvalue weighted by molar-refractivity contribution is 5.24. The predicted octanol–water partition coefficient (Wildman–Crippen LogP) is 2.14. The van der Waals surface area contributed by atoms with Crippen LogP contribution in [0.25, 0.3) is 0 Å². The van der Waals surface area contributed by atoms with Crippen LogP contribution < -0.4 is 0 Å². The Labute approximate surface area is 109 Å². The van der Waals surface area contributed by atoms with Crippen LogP contribution >= 0.6 is 0 Å². The first kappa shape index (κ1) is 13.5. The molecule has 1 N–H and O–H groups in total. The Morgan fingerprint density at radius 1 is 1.39 bits per heavy atom. The van der Waals surface area contributed by atoms with Gasteiger partial charge in [-0.2, -0.15) is 0 Å². The van der Waals surface area contributed by atoms with Crippen molar-refractivity contribution in [3.8, 4) is 0 Å². The fraction of sp³-hybridized carbons (Fsp3) is 0.600. The van der Waals surface area contributed by atoms with Gasteiger partial charge in [0.05, 0.1) is 6.61 Å². The van der Waals surface area contributed by atoms with Crippen LogP contribution in [0.3, 0.4) is 0 Å². The van der Waals surface area contributed by atoms with Crippen LogP contribution in [-0.4, -0.2) is 42.4 Å². The van der Waals surface area contributed by atoms with Gasteiger partial charge in [0.25, 0.3) is 0 Å². The molecule has 2 rings (SSSR count). The lowest BCUT2D eigenvalue weighted by molar-refractivity contribution is -0.0898. The Balaban J connectivity index is 1.99. The highest BCUT2D eigenvalue weighted by Crippen LogP contribution is 2.22. The van der Waals surface area contributed by atoms with E-state index in [-0.39, 0.29) is 6.10 Å². The quantitative estimate of drug-likeness (QED) is 0.887. The van der Waals surface area contributed by atoms with Crippen LogP contribution in [0.15, 0.2) is 24.3 Å². The molecule has 1 aliphatic rings. The van der Waals surface area contributed by atoms with E-state index in [1.807, 2.05) is 24.3 Å². The van der Waals surface area contributed by atoms with Gasteiger partial charge in [0, 0.05) is 13.1 Å². The van der Waals surface area contributed by atoms with Crippen LogP contribution in [0.1, 0.15) is 30.6 Å². The van der Waals surface area contributed by atoms with Gasteiger partial charge in [-0.3, -0.25) is 4.90 Å². The van der Waals surface area contributed by atoms with Crippen molar-refractivity contribution in [2.45, 2.75) is 32.5 Å². The minimum Gasteiger partial charge on any atom is -0.386 e. The molecule has 0 spiro atoms. The maximum absolute atomic E-state index is 10.4. The fourth-order valence-electron chi connectivity index (χ4n) is 2.42. The average molecular weight is 249 g/mol. The second kappa shape index (κ2) is 6.32. The molecule has 0 radical (unpaired) electrons. The van der Waals surface area contributed by atoms with E-state index in [0.29, 0.717) is 6.61 Å². The molecule has 1 aromatic rings. The molecule has 0 aliphatic carbocycles. The summed E-state index contributed by atoms with van der Waals surface area (Å²) in [6, 6.07) is 8.04. The molecular formula is C15H23NO2. The molecule has 2 unspecified atom stereocenters. The van der Waals surface area contributed by atoms with E-state index in [1.54, 1.807) is 0 Å². The second-order valence-electron chi connectivity index (χ2n) is 5.07. The molecule has 3 heteroatoms. The standard InChI is InChI=1S/C15H23NO2/c1-3-8-16-9-10-18-14(11-16)15(17)13-6-4-12(2)5-7-13/h4-7,14-15,17H,3,8-11H2,1-2H3. The molecule has 0 amide bonds. The fourth-order valence-corrected chi connectivity index (χ4v) is 2.42. The third-order valence-corrected chi connectivity index (χ3v) is 3.49. The molecule has 1 saturated heterocycles. The first-order valence-corrected chi connectivity index (χ1v) is 6.79. The number of hydrogen-bond acceptors (Lipinski definition) is 3. The van der Waals surface area contributed by atoms with Gasteiger partial charge < -0.3 is 9.84 Å². The lowest BCUT2D eigenvalue weighted by atomic mass is 10.0. The zero-order valence-electron chi connectivity index (χ0n) is 11.3. The van der Waals surface area contributed by atoms with Gasteiger partial charge in [0.1, 0.15) is 12.2 Å². The van der Waals surface area contributed by atoms with Crippen LogP contribution in [0, 0.1) is 6.92 Å². The minimum atomic E-state index is -0.523. The number of aliphatic hydroxyl groups is 1. The Kier molecular flexibility index (Phi) is 4.75. The van der Waals surface area contributed by atoms with Crippen molar-refractivity contribution in [3.63, 3.8) is 0 Å². The largest absolute Gasteiger partial charge is 0.386 e. The topological polar surface area (TPSA) is 32.7 Å². The molecular weight excluding hydrogens is 226 g/mol. The normalized spacial score (nSPS) is 22.9. The number of nitrogens with zero attached hydrogens (tertiary/aromatic N) is 1. The maximum Gasteiger partial charge on any atom is 0.106 e. The summed E-state index contributed by atoms with van der Waals surface area (Å²) in [6.07, 6.45) is 0.520. The lowest BCUT2D eigenvalue weighted by Gasteiger charge is -2.35. The molecule has 1 fully saturated rings. The lowest BCUT2D eigenvalue weighted by Crippen LogP contribution is -2.45. The van der Waals surface area contributed by atoms with Crippen molar-refractivity contribution in [1.29, 1.82) is 0 Å². The van der Waals surface area contributed by atoms with E-state index in [2.05, 4.69) is 18.7 Å². The summed E-state index contributed by atoms with van der Waals surface area (Å²) in [6.45, 7) is 7.83. The average Bonchev–Trinajstić information content (AvgIpc) is 2.39. The van der Waals surface area contributed by atoms with Gasteiger partial charge >= 0.3 is 0 Å². The highest BCUT2D eigenvalue weighted by Gasteiger charge is 2.27. The molecule has 100 valence electrons. The molecule has 3 nitrogen and oxygen atoms in total. The molecule has 0 bridgehead atoms. The monoisotopic (exact) mass is 249 g/mol. The van der Waals surface area contributed by atoms with Gasteiger partial charge in [-0.25, -0.2) is 0 Å².